The molecular formula is C9H12N4. The molecule has 0 saturated heterocycles. The summed E-state index contributed by atoms with van der Waals surface area (Å²) in [4.78, 5) is 8.37. The summed E-state index contributed by atoms with van der Waals surface area (Å²) in [6, 6.07) is 3.87. The number of nitrogens with zero attached hydrogens (tertiary/aromatic N) is 3. The zero-order valence-electron chi connectivity index (χ0n) is 7.83. The Morgan fingerprint density at radius 3 is 2.92 bits per heavy atom. The van der Waals surface area contributed by atoms with Gasteiger partial charge in [0.25, 0.3) is 0 Å². The van der Waals surface area contributed by atoms with Crippen LogP contribution in [0.2, 0.25) is 0 Å². The molecule has 0 radical (unpaired) electrons. The monoisotopic (exact) mass is 176 g/mol. The largest absolute Gasteiger partial charge is 0.357 e. The van der Waals surface area contributed by atoms with Crippen LogP contribution in [0.15, 0.2) is 6.07 Å². The average Bonchev–Trinajstić information content (AvgIpc) is 2.14. The molecule has 4 nitrogen and oxygen atoms in total. The van der Waals surface area contributed by atoms with Gasteiger partial charge in [-0.05, 0) is 13.3 Å². The van der Waals surface area contributed by atoms with Crippen LogP contribution in [0.3, 0.4) is 0 Å². The molecule has 0 aliphatic heterocycles. The predicted molar refractivity (Wildman–Crippen MR) is 50.2 cm³/mol. The summed E-state index contributed by atoms with van der Waals surface area (Å²) in [5, 5.41) is 11.3. The van der Waals surface area contributed by atoms with Gasteiger partial charge in [0.2, 0.25) is 0 Å². The second-order valence-corrected chi connectivity index (χ2v) is 2.66. The third-order valence-electron chi connectivity index (χ3n) is 1.60. The van der Waals surface area contributed by atoms with Gasteiger partial charge in [-0.1, -0.05) is 6.92 Å². The van der Waals surface area contributed by atoms with Crippen molar-refractivity contribution in [2.45, 2.75) is 20.3 Å². The first-order chi connectivity index (χ1) is 6.26. The summed E-state index contributed by atoms with van der Waals surface area (Å²) in [5.74, 6) is 1.46. The van der Waals surface area contributed by atoms with Crippen LogP contribution in [-0.2, 0) is 6.42 Å². The highest BCUT2D eigenvalue weighted by atomic mass is 15.0. The van der Waals surface area contributed by atoms with E-state index in [1.54, 1.807) is 0 Å². The average molecular weight is 176 g/mol. The Morgan fingerprint density at radius 2 is 2.31 bits per heavy atom. The van der Waals surface area contributed by atoms with Crippen LogP contribution in [0.1, 0.15) is 18.4 Å². The molecule has 1 rings (SSSR count). The molecule has 0 aromatic carbocycles. The molecule has 0 atom stereocenters. The molecule has 0 aliphatic rings. The van der Waals surface area contributed by atoms with Crippen LogP contribution in [-0.4, -0.2) is 16.5 Å². The molecular weight excluding hydrogens is 164 g/mol. The Hall–Kier alpha value is -1.63. The fourth-order valence-corrected chi connectivity index (χ4v) is 1.03. The first-order valence-electron chi connectivity index (χ1n) is 4.21. The standard InChI is InChI=1S/C9H12N4/c1-3-8-6-9(11-5-4-10)13-7(2)12-8/h6H,3,5H2,1-2H3,(H,11,12,13). The minimum absolute atomic E-state index is 0.277. The fourth-order valence-electron chi connectivity index (χ4n) is 1.03. The van der Waals surface area contributed by atoms with Gasteiger partial charge in [0.05, 0.1) is 6.07 Å². The summed E-state index contributed by atoms with van der Waals surface area (Å²) < 4.78 is 0. The number of nitrogens with one attached hydrogen (secondary N) is 1. The second-order valence-electron chi connectivity index (χ2n) is 2.66. The summed E-state index contributed by atoms with van der Waals surface area (Å²) in [6.45, 7) is 4.16. The molecule has 0 amide bonds. The lowest BCUT2D eigenvalue weighted by Gasteiger charge is -2.03. The van der Waals surface area contributed by atoms with Crippen molar-refractivity contribution in [2.24, 2.45) is 0 Å². The van der Waals surface area contributed by atoms with E-state index in [1.165, 1.54) is 0 Å². The topological polar surface area (TPSA) is 61.6 Å². The van der Waals surface area contributed by atoms with Gasteiger partial charge in [-0.3, -0.25) is 0 Å². The lowest BCUT2D eigenvalue weighted by molar-refractivity contribution is 0.948. The molecule has 1 aromatic rings. The van der Waals surface area contributed by atoms with Crippen molar-refractivity contribution in [1.29, 1.82) is 5.26 Å². The number of nitriles is 1. The smallest absolute Gasteiger partial charge is 0.130 e. The number of aryl methyl sites for hydroxylation is 2. The maximum Gasteiger partial charge on any atom is 0.130 e. The molecule has 0 aliphatic carbocycles. The molecule has 68 valence electrons. The van der Waals surface area contributed by atoms with E-state index in [-0.39, 0.29) is 6.54 Å². The molecule has 0 spiro atoms. The van der Waals surface area contributed by atoms with Crippen molar-refractivity contribution in [3.8, 4) is 6.07 Å². The van der Waals surface area contributed by atoms with E-state index in [0.717, 1.165) is 23.8 Å². The first kappa shape index (κ1) is 9.46. The number of anilines is 1. The van der Waals surface area contributed by atoms with Gasteiger partial charge >= 0.3 is 0 Å². The summed E-state index contributed by atoms with van der Waals surface area (Å²) in [7, 11) is 0. The molecule has 1 heterocycles. The summed E-state index contributed by atoms with van der Waals surface area (Å²) >= 11 is 0. The van der Waals surface area contributed by atoms with E-state index in [9.17, 15) is 0 Å². The number of aromatic nitrogens is 2. The lowest BCUT2D eigenvalue weighted by Crippen LogP contribution is -2.04. The lowest BCUT2D eigenvalue weighted by atomic mass is 10.3. The fraction of sp³-hybridized carbons (Fsp3) is 0.444. The third kappa shape index (κ3) is 2.71. The van der Waals surface area contributed by atoms with E-state index in [4.69, 9.17) is 5.26 Å². The zero-order chi connectivity index (χ0) is 9.68. The first-order valence-corrected chi connectivity index (χ1v) is 4.21. The van der Waals surface area contributed by atoms with Crippen molar-refractivity contribution in [3.63, 3.8) is 0 Å². The van der Waals surface area contributed by atoms with Crippen molar-refractivity contribution in [3.05, 3.63) is 17.6 Å². The van der Waals surface area contributed by atoms with Crippen LogP contribution < -0.4 is 5.32 Å². The predicted octanol–water partition coefficient (Wildman–Crippen LogP) is 1.28. The molecule has 13 heavy (non-hydrogen) atoms. The van der Waals surface area contributed by atoms with Crippen LogP contribution in [0.4, 0.5) is 5.82 Å². The van der Waals surface area contributed by atoms with E-state index in [2.05, 4.69) is 15.3 Å². The number of rotatable bonds is 3. The van der Waals surface area contributed by atoms with Gasteiger partial charge in [-0.2, -0.15) is 5.26 Å². The highest BCUT2D eigenvalue weighted by Crippen LogP contribution is 2.06. The van der Waals surface area contributed by atoms with Gasteiger partial charge < -0.3 is 5.32 Å². The summed E-state index contributed by atoms with van der Waals surface area (Å²) in [6.07, 6.45) is 0.880. The number of hydrogen-bond acceptors (Lipinski definition) is 4. The van der Waals surface area contributed by atoms with Gasteiger partial charge in [-0.15, -0.1) is 0 Å². The Labute approximate surface area is 77.6 Å². The SMILES string of the molecule is CCc1cc(NCC#N)nc(C)n1. The van der Waals surface area contributed by atoms with Crippen molar-refractivity contribution < 1.29 is 0 Å². The van der Waals surface area contributed by atoms with E-state index in [0.29, 0.717) is 0 Å². The van der Waals surface area contributed by atoms with E-state index < -0.39 is 0 Å². The Morgan fingerprint density at radius 1 is 1.54 bits per heavy atom. The molecule has 0 fully saturated rings. The van der Waals surface area contributed by atoms with Crippen LogP contribution in [0.5, 0.6) is 0 Å². The maximum atomic E-state index is 8.37. The molecule has 4 heteroatoms. The van der Waals surface area contributed by atoms with Crippen molar-refractivity contribution >= 4 is 5.82 Å². The second kappa shape index (κ2) is 4.41. The van der Waals surface area contributed by atoms with Crippen molar-refractivity contribution in [2.75, 3.05) is 11.9 Å². The highest BCUT2D eigenvalue weighted by molar-refractivity contribution is 5.36. The van der Waals surface area contributed by atoms with Crippen LogP contribution in [0, 0.1) is 18.3 Å². The van der Waals surface area contributed by atoms with E-state index in [1.807, 2.05) is 26.0 Å². The molecule has 0 bridgehead atoms. The van der Waals surface area contributed by atoms with Gasteiger partial charge in [0.1, 0.15) is 18.2 Å². The minimum atomic E-state index is 0.277. The maximum absolute atomic E-state index is 8.37. The highest BCUT2D eigenvalue weighted by Gasteiger charge is 1.98. The molecule has 0 saturated carbocycles. The number of hydrogen-bond donors (Lipinski definition) is 1. The van der Waals surface area contributed by atoms with Crippen molar-refractivity contribution in [1.82, 2.24) is 9.97 Å². The van der Waals surface area contributed by atoms with Gasteiger partial charge in [0.15, 0.2) is 0 Å². The Kier molecular flexibility index (Phi) is 3.21. The Bertz CT molecular complexity index is 327. The molecule has 1 N–H and O–H groups in total. The quantitative estimate of drug-likeness (QED) is 0.705. The van der Waals surface area contributed by atoms with Gasteiger partial charge in [0, 0.05) is 11.8 Å². The van der Waals surface area contributed by atoms with Crippen LogP contribution in [0.25, 0.3) is 0 Å². The Balaban J connectivity index is 2.83. The zero-order valence-corrected chi connectivity index (χ0v) is 7.83. The normalized spacial score (nSPS) is 9.31. The third-order valence-corrected chi connectivity index (χ3v) is 1.60. The van der Waals surface area contributed by atoms with E-state index >= 15 is 0 Å². The minimum Gasteiger partial charge on any atom is -0.357 e. The molecule has 0 unspecified atom stereocenters. The summed E-state index contributed by atoms with van der Waals surface area (Å²) in [5.41, 5.74) is 0.993. The van der Waals surface area contributed by atoms with Crippen LogP contribution >= 0.6 is 0 Å². The van der Waals surface area contributed by atoms with Gasteiger partial charge in [-0.25, -0.2) is 9.97 Å². The molecule has 1 aromatic heterocycles.